The van der Waals surface area contributed by atoms with Crippen LogP contribution in [0.25, 0.3) is 10.2 Å². The van der Waals surface area contributed by atoms with Gasteiger partial charge in [-0.25, -0.2) is 4.98 Å². The number of unbranched alkanes of at least 4 members (excludes halogenated alkanes) is 2. The van der Waals surface area contributed by atoms with Crippen LogP contribution in [0, 0.1) is 0 Å². The molecule has 5 N–H and O–H groups in total. The van der Waals surface area contributed by atoms with Gasteiger partial charge < -0.3 is 16.0 Å². The minimum absolute atomic E-state index is 0.0288. The van der Waals surface area contributed by atoms with Crippen molar-refractivity contribution in [1.29, 1.82) is 0 Å². The van der Waals surface area contributed by atoms with Crippen molar-refractivity contribution in [1.82, 2.24) is 25.6 Å². The Morgan fingerprint density at radius 1 is 1.06 bits per heavy atom. The molecule has 0 aliphatic carbocycles. The van der Waals surface area contributed by atoms with Crippen LogP contribution >= 0.6 is 23.1 Å². The average molecular weight is 536 g/mol. The fourth-order valence-electron chi connectivity index (χ4n) is 3.92. The van der Waals surface area contributed by atoms with Gasteiger partial charge in [-0.1, -0.05) is 29.9 Å². The maximum absolute atomic E-state index is 12.4. The molecule has 1 fully saturated rings. The number of nitrogens with zero attached hydrogens (tertiary/aromatic N) is 3. The number of carbonyl (C=O) groups is 3. The fourth-order valence-corrected chi connectivity index (χ4v) is 5.29. The predicted octanol–water partition coefficient (Wildman–Crippen LogP) is 1.64. The van der Waals surface area contributed by atoms with Crippen LogP contribution in [0.2, 0.25) is 0 Å². The minimum atomic E-state index is -0.605. The molecule has 1 unspecified atom stereocenters. The SMILES string of the molecule is CSCCC(N)C(=O)NNC(=O)CCCCCN1CCN(CC(=O)Nc2nc3ccccc3s2)CC1. The van der Waals surface area contributed by atoms with Gasteiger partial charge in [0, 0.05) is 32.6 Å². The molecular formula is C24H37N7O3S2. The normalized spacial score (nSPS) is 15.5. The Hall–Kier alpha value is -2.25. The summed E-state index contributed by atoms with van der Waals surface area (Å²) in [5.41, 5.74) is 11.5. The summed E-state index contributed by atoms with van der Waals surface area (Å²) in [4.78, 5) is 45.2. The number of hydrazine groups is 1. The number of para-hydroxylation sites is 1. The van der Waals surface area contributed by atoms with Gasteiger partial charge >= 0.3 is 0 Å². The van der Waals surface area contributed by atoms with Crippen molar-refractivity contribution in [2.75, 3.05) is 56.6 Å². The van der Waals surface area contributed by atoms with Gasteiger partial charge in [-0.15, -0.1) is 0 Å². The number of fused-ring (bicyclic) bond motifs is 1. The second-order valence-corrected chi connectivity index (χ2v) is 10.9. The van der Waals surface area contributed by atoms with Crippen molar-refractivity contribution >= 4 is 56.2 Å². The fraction of sp³-hybridized carbons (Fsp3) is 0.583. The molecule has 0 saturated carbocycles. The molecule has 10 nitrogen and oxygen atoms in total. The lowest BCUT2D eigenvalue weighted by Crippen LogP contribution is -2.49. The molecule has 2 aromatic rings. The van der Waals surface area contributed by atoms with E-state index in [1.807, 2.05) is 30.5 Å². The highest BCUT2D eigenvalue weighted by Gasteiger charge is 2.19. The number of thioether (sulfide) groups is 1. The van der Waals surface area contributed by atoms with Gasteiger partial charge in [-0.2, -0.15) is 11.8 Å². The lowest BCUT2D eigenvalue weighted by Gasteiger charge is -2.34. The maximum Gasteiger partial charge on any atom is 0.255 e. The second kappa shape index (κ2) is 15.1. The number of hydrogen-bond acceptors (Lipinski definition) is 9. The molecule has 1 aromatic heterocycles. The highest BCUT2D eigenvalue weighted by atomic mass is 32.2. The first kappa shape index (κ1) is 28.3. The van der Waals surface area contributed by atoms with Gasteiger partial charge in [0.15, 0.2) is 5.13 Å². The van der Waals surface area contributed by atoms with Crippen LogP contribution in [0.4, 0.5) is 5.13 Å². The molecule has 36 heavy (non-hydrogen) atoms. The van der Waals surface area contributed by atoms with E-state index in [1.165, 1.54) is 11.3 Å². The first-order valence-corrected chi connectivity index (χ1v) is 14.6. The highest BCUT2D eigenvalue weighted by Crippen LogP contribution is 2.25. The van der Waals surface area contributed by atoms with Gasteiger partial charge in [0.05, 0.1) is 22.8 Å². The number of aromatic nitrogens is 1. The van der Waals surface area contributed by atoms with Crippen molar-refractivity contribution in [2.24, 2.45) is 5.73 Å². The maximum atomic E-state index is 12.4. The zero-order valence-electron chi connectivity index (χ0n) is 20.8. The Bertz CT molecular complexity index is 962. The lowest BCUT2D eigenvalue weighted by molar-refractivity contribution is -0.129. The Morgan fingerprint density at radius 2 is 1.81 bits per heavy atom. The van der Waals surface area contributed by atoms with Crippen LogP contribution in [0.15, 0.2) is 24.3 Å². The molecule has 0 radical (unpaired) electrons. The molecule has 1 atom stereocenters. The summed E-state index contributed by atoms with van der Waals surface area (Å²) in [5, 5.41) is 3.57. The van der Waals surface area contributed by atoms with E-state index in [4.69, 9.17) is 5.73 Å². The molecule has 12 heteroatoms. The average Bonchev–Trinajstić information content (AvgIpc) is 3.28. The molecule has 2 heterocycles. The smallest absolute Gasteiger partial charge is 0.255 e. The number of nitrogens with two attached hydrogens (primary N) is 1. The largest absolute Gasteiger partial charge is 0.320 e. The number of carbonyl (C=O) groups excluding carboxylic acids is 3. The Morgan fingerprint density at radius 3 is 2.56 bits per heavy atom. The summed E-state index contributed by atoms with van der Waals surface area (Å²) in [7, 11) is 0. The van der Waals surface area contributed by atoms with Crippen molar-refractivity contribution in [3.05, 3.63) is 24.3 Å². The summed E-state index contributed by atoms with van der Waals surface area (Å²) in [6, 6.07) is 7.25. The monoisotopic (exact) mass is 535 g/mol. The van der Waals surface area contributed by atoms with E-state index in [-0.39, 0.29) is 17.7 Å². The number of amides is 3. The number of anilines is 1. The quantitative estimate of drug-likeness (QED) is 0.225. The van der Waals surface area contributed by atoms with Crippen molar-refractivity contribution in [2.45, 2.75) is 38.1 Å². The van der Waals surface area contributed by atoms with Crippen LogP contribution in [0.5, 0.6) is 0 Å². The third-order valence-electron chi connectivity index (χ3n) is 6.05. The van der Waals surface area contributed by atoms with Gasteiger partial charge in [-0.3, -0.25) is 30.1 Å². The van der Waals surface area contributed by atoms with Crippen LogP contribution in [0.1, 0.15) is 32.1 Å². The zero-order valence-corrected chi connectivity index (χ0v) is 22.5. The third kappa shape index (κ3) is 9.66. The predicted molar refractivity (Wildman–Crippen MR) is 147 cm³/mol. The molecule has 0 bridgehead atoms. The van der Waals surface area contributed by atoms with E-state index in [0.717, 1.165) is 68.0 Å². The van der Waals surface area contributed by atoms with Crippen LogP contribution in [0.3, 0.4) is 0 Å². The molecule has 1 aliphatic heterocycles. The molecule has 198 valence electrons. The van der Waals surface area contributed by atoms with Crippen LogP contribution in [-0.4, -0.2) is 89.8 Å². The topological polar surface area (TPSA) is 133 Å². The zero-order chi connectivity index (χ0) is 25.8. The Balaban J connectivity index is 1.21. The van der Waals surface area contributed by atoms with Crippen molar-refractivity contribution < 1.29 is 14.4 Å². The number of rotatable bonds is 13. The number of nitrogens with one attached hydrogen (secondary N) is 3. The van der Waals surface area contributed by atoms with Crippen molar-refractivity contribution in [3.63, 3.8) is 0 Å². The molecule has 1 aliphatic rings. The number of piperazine rings is 1. The summed E-state index contributed by atoms with van der Waals surface area (Å²) < 4.78 is 1.07. The van der Waals surface area contributed by atoms with Crippen molar-refractivity contribution in [3.8, 4) is 0 Å². The standard InChI is InChI=1S/C24H37N7O3S2/c1-35-16-10-18(25)23(34)29-28-21(32)9-3-2-6-11-30-12-14-31(15-13-30)17-22(33)27-24-26-19-7-4-5-8-20(19)36-24/h4-5,7-8,18H,2-3,6,9-17,25H2,1H3,(H,28,32)(H,29,34)(H,26,27,33). The van der Waals surface area contributed by atoms with Gasteiger partial charge in [-0.05, 0) is 49.9 Å². The number of benzene rings is 1. The Kier molecular flexibility index (Phi) is 11.9. The van der Waals surface area contributed by atoms with E-state index in [2.05, 4.69) is 31.0 Å². The molecular weight excluding hydrogens is 498 g/mol. The molecule has 1 aromatic carbocycles. The lowest BCUT2D eigenvalue weighted by atomic mass is 10.1. The van der Waals surface area contributed by atoms with E-state index < -0.39 is 6.04 Å². The molecule has 1 saturated heterocycles. The van der Waals surface area contributed by atoms with E-state index in [9.17, 15) is 14.4 Å². The number of thiazole rings is 1. The van der Waals surface area contributed by atoms with E-state index in [0.29, 0.717) is 24.5 Å². The van der Waals surface area contributed by atoms with Crippen LogP contribution in [-0.2, 0) is 14.4 Å². The first-order chi connectivity index (χ1) is 17.4. The summed E-state index contributed by atoms with van der Waals surface area (Å²) in [5.74, 6) is 0.223. The Labute approximate surface area is 220 Å². The van der Waals surface area contributed by atoms with Crippen LogP contribution < -0.4 is 21.9 Å². The van der Waals surface area contributed by atoms with Gasteiger partial charge in [0.2, 0.25) is 11.8 Å². The highest BCUT2D eigenvalue weighted by molar-refractivity contribution is 7.98. The second-order valence-electron chi connectivity index (χ2n) is 8.89. The molecule has 3 amide bonds. The molecule has 0 spiro atoms. The van der Waals surface area contributed by atoms with E-state index >= 15 is 0 Å². The van der Waals surface area contributed by atoms with Gasteiger partial charge in [0.25, 0.3) is 5.91 Å². The number of hydrogen-bond donors (Lipinski definition) is 4. The van der Waals surface area contributed by atoms with E-state index in [1.54, 1.807) is 11.8 Å². The third-order valence-corrected chi connectivity index (χ3v) is 7.64. The minimum Gasteiger partial charge on any atom is -0.320 e. The summed E-state index contributed by atoms with van der Waals surface area (Å²) in [6.07, 6.45) is 5.63. The van der Waals surface area contributed by atoms with Gasteiger partial charge in [0.1, 0.15) is 0 Å². The summed E-state index contributed by atoms with van der Waals surface area (Å²) >= 11 is 3.12. The molecule has 3 rings (SSSR count). The first-order valence-electron chi connectivity index (χ1n) is 12.4. The summed E-state index contributed by atoms with van der Waals surface area (Å²) in [6.45, 7) is 4.92.